The van der Waals surface area contributed by atoms with E-state index in [-0.39, 0.29) is 11.2 Å². The molecule has 2 nitrogen and oxygen atoms in total. The molecule has 18 heavy (non-hydrogen) atoms. The molecule has 0 heterocycles. The first kappa shape index (κ1) is 14.9. The SMILES string of the molecule is CCC(CN)CC(=O)c1ccc(C(C)(C)C)cc1. The summed E-state index contributed by atoms with van der Waals surface area (Å²) in [6, 6.07) is 7.98. The maximum absolute atomic E-state index is 12.1. The van der Waals surface area contributed by atoms with Gasteiger partial charge < -0.3 is 5.73 Å². The zero-order chi connectivity index (χ0) is 13.8. The topological polar surface area (TPSA) is 43.1 Å². The van der Waals surface area contributed by atoms with Gasteiger partial charge in [-0.25, -0.2) is 0 Å². The van der Waals surface area contributed by atoms with E-state index in [9.17, 15) is 4.79 Å². The molecule has 1 aromatic rings. The van der Waals surface area contributed by atoms with E-state index in [4.69, 9.17) is 5.73 Å². The largest absolute Gasteiger partial charge is 0.330 e. The van der Waals surface area contributed by atoms with Crippen molar-refractivity contribution in [3.63, 3.8) is 0 Å². The molecule has 0 aliphatic carbocycles. The molecule has 0 aliphatic rings. The molecule has 0 fully saturated rings. The highest BCUT2D eigenvalue weighted by Crippen LogP contribution is 2.23. The lowest BCUT2D eigenvalue weighted by Crippen LogP contribution is -2.17. The minimum Gasteiger partial charge on any atom is -0.330 e. The monoisotopic (exact) mass is 247 g/mol. The van der Waals surface area contributed by atoms with Crippen LogP contribution >= 0.6 is 0 Å². The Labute approximate surface area is 111 Å². The average Bonchev–Trinajstić information content (AvgIpc) is 2.34. The summed E-state index contributed by atoms with van der Waals surface area (Å²) in [6.45, 7) is 9.18. The number of benzene rings is 1. The van der Waals surface area contributed by atoms with Crippen LogP contribution in [0, 0.1) is 5.92 Å². The fraction of sp³-hybridized carbons (Fsp3) is 0.562. The minimum atomic E-state index is 0.130. The van der Waals surface area contributed by atoms with Crippen LogP contribution in [0.15, 0.2) is 24.3 Å². The van der Waals surface area contributed by atoms with Crippen molar-refractivity contribution in [2.24, 2.45) is 11.7 Å². The van der Waals surface area contributed by atoms with E-state index in [0.717, 1.165) is 12.0 Å². The molecule has 0 saturated heterocycles. The van der Waals surface area contributed by atoms with Gasteiger partial charge in [-0.2, -0.15) is 0 Å². The van der Waals surface area contributed by atoms with Gasteiger partial charge >= 0.3 is 0 Å². The van der Waals surface area contributed by atoms with Gasteiger partial charge in [0.05, 0.1) is 0 Å². The van der Waals surface area contributed by atoms with Gasteiger partial charge in [0.15, 0.2) is 5.78 Å². The van der Waals surface area contributed by atoms with E-state index in [0.29, 0.717) is 18.9 Å². The molecule has 0 spiro atoms. The standard InChI is InChI=1S/C16H25NO/c1-5-12(11-17)10-15(18)13-6-8-14(9-7-13)16(2,3)4/h6-9,12H,5,10-11,17H2,1-4H3. The Kier molecular flexibility index (Phi) is 5.09. The average molecular weight is 247 g/mol. The summed E-state index contributed by atoms with van der Waals surface area (Å²) in [6.07, 6.45) is 1.52. The van der Waals surface area contributed by atoms with Crippen molar-refractivity contribution in [1.29, 1.82) is 0 Å². The van der Waals surface area contributed by atoms with Crippen LogP contribution in [0.3, 0.4) is 0 Å². The quantitative estimate of drug-likeness (QED) is 0.809. The van der Waals surface area contributed by atoms with Crippen molar-refractivity contribution in [2.45, 2.75) is 46.0 Å². The molecular weight excluding hydrogens is 222 g/mol. The molecule has 1 unspecified atom stereocenters. The first-order valence-electron chi connectivity index (χ1n) is 6.72. The van der Waals surface area contributed by atoms with Crippen molar-refractivity contribution < 1.29 is 4.79 Å². The maximum Gasteiger partial charge on any atom is 0.163 e. The van der Waals surface area contributed by atoms with E-state index in [1.165, 1.54) is 5.56 Å². The third-order valence-corrected chi connectivity index (χ3v) is 3.46. The molecule has 1 aromatic carbocycles. The lowest BCUT2D eigenvalue weighted by molar-refractivity contribution is 0.0961. The van der Waals surface area contributed by atoms with Gasteiger partial charge in [0.1, 0.15) is 0 Å². The number of hydrogen-bond donors (Lipinski definition) is 1. The van der Waals surface area contributed by atoms with Gasteiger partial charge in [-0.05, 0) is 23.4 Å². The molecule has 0 amide bonds. The molecule has 0 aliphatic heterocycles. The van der Waals surface area contributed by atoms with E-state index in [1.807, 2.05) is 12.1 Å². The molecule has 1 rings (SSSR count). The Hall–Kier alpha value is -1.15. The third-order valence-electron chi connectivity index (χ3n) is 3.46. The first-order chi connectivity index (χ1) is 8.38. The third kappa shape index (κ3) is 3.95. The lowest BCUT2D eigenvalue weighted by atomic mass is 9.86. The number of Topliss-reactive ketones (excluding diaryl/α,β-unsaturated/α-hetero) is 1. The summed E-state index contributed by atoms with van der Waals surface area (Å²) in [5.41, 5.74) is 7.82. The minimum absolute atomic E-state index is 0.130. The fourth-order valence-electron chi connectivity index (χ4n) is 1.93. The van der Waals surface area contributed by atoms with Gasteiger partial charge in [-0.3, -0.25) is 4.79 Å². The molecule has 2 N–H and O–H groups in total. The van der Waals surface area contributed by atoms with Gasteiger partial charge in [0.25, 0.3) is 0 Å². The lowest BCUT2D eigenvalue weighted by Gasteiger charge is -2.19. The van der Waals surface area contributed by atoms with E-state index < -0.39 is 0 Å². The molecule has 0 radical (unpaired) electrons. The van der Waals surface area contributed by atoms with Crippen LogP contribution in [-0.4, -0.2) is 12.3 Å². The molecule has 0 aromatic heterocycles. The van der Waals surface area contributed by atoms with Crippen molar-refractivity contribution in [1.82, 2.24) is 0 Å². The van der Waals surface area contributed by atoms with Gasteiger partial charge in [0.2, 0.25) is 0 Å². The van der Waals surface area contributed by atoms with Crippen LogP contribution in [0.5, 0.6) is 0 Å². The summed E-state index contributed by atoms with van der Waals surface area (Å²) >= 11 is 0. The Balaban J connectivity index is 2.76. The fourth-order valence-corrected chi connectivity index (χ4v) is 1.93. The summed E-state index contributed by atoms with van der Waals surface area (Å²) in [5.74, 6) is 0.507. The van der Waals surface area contributed by atoms with E-state index >= 15 is 0 Å². The number of carbonyl (C=O) groups is 1. The number of carbonyl (C=O) groups excluding carboxylic acids is 1. The molecule has 100 valence electrons. The van der Waals surface area contributed by atoms with Crippen LogP contribution in [-0.2, 0) is 5.41 Å². The summed E-state index contributed by atoms with van der Waals surface area (Å²) < 4.78 is 0. The highest BCUT2D eigenvalue weighted by atomic mass is 16.1. The first-order valence-corrected chi connectivity index (χ1v) is 6.72. The predicted molar refractivity (Wildman–Crippen MR) is 76.9 cm³/mol. The summed E-state index contributed by atoms with van der Waals surface area (Å²) in [7, 11) is 0. The second kappa shape index (κ2) is 6.14. The van der Waals surface area contributed by atoms with E-state index in [2.05, 4.69) is 39.8 Å². The second-order valence-corrected chi connectivity index (χ2v) is 5.96. The summed E-state index contributed by atoms with van der Waals surface area (Å²) in [4.78, 5) is 12.1. The smallest absolute Gasteiger partial charge is 0.163 e. The number of rotatable bonds is 5. The molecule has 2 heteroatoms. The number of nitrogens with two attached hydrogens (primary N) is 1. The number of ketones is 1. The Morgan fingerprint density at radius 1 is 1.22 bits per heavy atom. The van der Waals surface area contributed by atoms with Gasteiger partial charge in [-0.1, -0.05) is 58.4 Å². The van der Waals surface area contributed by atoms with Crippen LogP contribution in [0.2, 0.25) is 0 Å². The van der Waals surface area contributed by atoms with Crippen LogP contribution < -0.4 is 5.73 Å². The zero-order valence-corrected chi connectivity index (χ0v) is 12.0. The Morgan fingerprint density at radius 2 is 1.78 bits per heavy atom. The molecule has 0 bridgehead atoms. The van der Waals surface area contributed by atoms with Crippen LogP contribution in [0.1, 0.15) is 56.5 Å². The molecular formula is C16H25NO. The Morgan fingerprint density at radius 3 is 2.17 bits per heavy atom. The molecule has 0 saturated carbocycles. The Bertz CT molecular complexity index is 383. The van der Waals surface area contributed by atoms with Gasteiger partial charge in [-0.15, -0.1) is 0 Å². The van der Waals surface area contributed by atoms with Crippen LogP contribution in [0.25, 0.3) is 0 Å². The van der Waals surface area contributed by atoms with Crippen molar-refractivity contribution in [3.05, 3.63) is 35.4 Å². The normalized spacial score (nSPS) is 13.4. The van der Waals surface area contributed by atoms with E-state index in [1.54, 1.807) is 0 Å². The maximum atomic E-state index is 12.1. The second-order valence-electron chi connectivity index (χ2n) is 5.96. The van der Waals surface area contributed by atoms with Crippen molar-refractivity contribution >= 4 is 5.78 Å². The summed E-state index contributed by atoms with van der Waals surface area (Å²) in [5, 5.41) is 0. The predicted octanol–water partition coefficient (Wildman–Crippen LogP) is 3.54. The molecule has 1 atom stereocenters. The highest BCUT2D eigenvalue weighted by molar-refractivity contribution is 5.96. The van der Waals surface area contributed by atoms with Gasteiger partial charge in [0, 0.05) is 12.0 Å². The zero-order valence-electron chi connectivity index (χ0n) is 12.0. The van der Waals surface area contributed by atoms with Crippen LogP contribution in [0.4, 0.5) is 0 Å². The highest BCUT2D eigenvalue weighted by Gasteiger charge is 2.15. The number of hydrogen-bond acceptors (Lipinski definition) is 2. The van der Waals surface area contributed by atoms with Crippen molar-refractivity contribution in [3.8, 4) is 0 Å². The van der Waals surface area contributed by atoms with Crippen molar-refractivity contribution in [2.75, 3.05) is 6.54 Å².